The summed E-state index contributed by atoms with van der Waals surface area (Å²) in [5.41, 5.74) is 0.176. The van der Waals surface area contributed by atoms with Crippen molar-refractivity contribution in [3.8, 4) is 0 Å². The maximum atomic E-state index is 13.2. The maximum absolute atomic E-state index is 13.2. The van der Waals surface area contributed by atoms with Crippen molar-refractivity contribution in [2.45, 2.75) is 104 Å². The molecule has 4 rings (SSSR count). The van der Waals surface area contributed by atoms with E-state index in [2.05, 4.69) is 11.7 Å². The lowest BCUT2D eigenvalue weighted by Crippen LogP contribution is -2.49. The zero-order valence-electron chi connectivity index (χ0n) is 19.7. The maximum Gasteiger partial charge on any atom is 0.522 e. The Morgan fingerprint density at radius 3 is 2.16 bits per heavy atom. The first-order valence-corrected chi connectivity index (χ1v) is 12.8. The van der Waals surface area contributed by atoms with E-state index in [1.165, 1.54) is 0 Å². The van der Waals surface area contributed by atoms with E-state index in [-0.39, 0.29) is 24.4 Å². The topological polar surface area (TPSA) is 9.23 Å². The minimum atomic E-state index is -4.55. The molecule has 4 aliphatic carbocycles. The highest BCUT2D eigenvalue weighted by Crippen LogP contribution is 2.65. The first-order valence-electron chi connectivity index (χ1n) is 12.8. The third-order valence-corrected chi connectivity index (χ3v) is 9.58. The van der Waals surface area contributed by atoms with Crippen molar-refractivity contribution >= 4 is 0 Å². The van der Waals surface area contributed by atoms with Crippen LogP contribution < -0.4 is 0 Å². The van der Waals surface area contributed by atoms with Crippen molar-refractivity contribution in [1.82, 2.24) is 0 Å². The monoisotopic (exact) mass is 470 g/mol. The van der Waals surface area contributed by atoms with E-state index in [1.807, 2.05) is 13.8 Å². The minimum Gasteiger partial charge on any atom is -0.292 e. The van der Waals surface area contributed by atoms with Gasteiger partial charge in [-0.25, -0.2) is 0 Å². The Kier molecular flexibility index (Phi) is 8.20. The lowest BCUT2D eigenvalue weighted by atomic mass is 9.49. The van der Waals surface area contributed by atoms with Crippen molar-refractivity contribution in [1.29, 1.82) is 0 Å². The predicted octanol–water partition coefficient (Wildman–Crippen LogP) is 8.78. The van der Waals surface area contributed by atoms with Crippen LogP contribution in [-0.4, -0.2) is 19.1 Å². The molecular formula is C25H40F6O. The van der Waals surface area contributed by atoms with Gasteiger partial charge in [0.05, 0.1) is 12.5 Å². The molecule has 4 fully saturated rings. The number of alkyl halides is 6. The molecule has 0 amide bonds. The normalized spacial score (nSPS) is 41.7. The van der Waals surface area contributed by atoms with Crippen molar-refractivity contribution in [3.63, 3.8) is 0 Å². The molecule has 188 valence electrons. The summed E-state index contributed by atoms with van der Waals surface area (Å²) in [6.07, 6.45) is 0.272. The zero-order valence-corrected chi connectivity index (χ0v) is 19.7. The Morgan fingerprint density at radius 1 is 0.812 bits per heavy atom. The van der Waals surface area contributed by atoms with Gasteiger partial charge < -0.3 is 0 Å². The van der Waals surface area contributed by atoms with Gasteiger partial charge in [0.2, 0.25) is 0 Å². The number of rotatable bonds is 4. The van der Waals surface area contributed by atoms with Gasteiger partial charge in [-0.15, -0.1) is 13.2 Å². The van der Waals surface area contributed by atoms with Gasteiger partial charge in [0.1, 0.15) is 0 Å². The molecule has 0 aromatic heterocycles. The molecular weight excluding hydrogens is 430 g/mol. The fraction of sp³-hybridized carbons (Fsp3) is 1.00. The summed E-state index contributed by atoms with van der Waals surface area (Å²) in [6, 6.07) is 0. The standard InChI is InChI=1S/C23H34F6O.C2H6/c1-21-11-10-18-17-8-5-16(22(24,25)26)13-14(17)4-7-19(18)20(21)9-6-15(21)3-2-12-30-23(27,28)29;1-2/h14-20H,2-13H2,1H3;1-2H3/t14-,15?,16+,17+,18?,19-,20?,21-;/m1./s1. The van der Waals surface area contributed by atoms with Crippen molar-refractivity contribution in [2.24, 2.45) is 46.8 Å². The lowest BCUT2D eigenvalue weighted by Gasteiger charge is -2.56. The van der Waals surface area contributed by atoms with E-state index in [4.69, 9.17) is 0 Å². The molecule has 0 aliphatic heterocycles. The van der Waals surface area contributed by atoms with Gasteiger partial charge in [0.15, 0.2) is 0 Å². The molecule has 0 aromatic carbocycles. The number of fused-ring (bicyclic) bond motifs is 5. The fourth-order valence-corrected chi connectivity index (χ4v) is 8.25. The van der Waals surface area contributed by atoms with E-state index >= 15 is 0 Å². The Morgan fingerprint density at radius 2 is 1.50 bits per heavy atom. The molecule has 8 atom stereocenters. The molecule has 0 saturated heterocycles. The molecule has 32 heavy (non-hydrogen) atoms. The van der Waals surface area contributed by atoms with Crippen LogP contribution in [0.1, 0.15) is 91.4 Å². The predicted molar refractivity (Wildman–Crippen MR) is 113 cm³/mol. The SMILES string of the molecule is CC.C[C@]12CCC3[C@@H](CC[C@@H]4C[C@@H](C(F)(F)F)CC[C@H]34)C1CCC2CCCOC(F)(F)F. The number of halogens is 6. The third-order valence-electron chi connectivity index (χ3n) is 9.58. The first-order chi connectivity index (χ1) is 15.0. The van der Waals surface area contributed by atoms with Crippen molar-refractivity contribution in [2.75, 3.05) is 6.61 Å². The van der Waals surface area contributed by atoms with E-state index < -0.39 is 18.5 Å². The summed E-state index contributed by atoms with van der Waals surface area (Å²) in [6.45, 7) is 6.07. The van der Waals surface area contributed by atoms with Crippen LogP contribution in [0.25, 0.3) is 0 Å². The minimum absolute atomic E-state index is 0.176. The van der Waals surface area contributed by atoms with Gasteiger partial charge in [-0.1, -0.05) is 20.8 Å². The summed E-state index contributed by atoms with van der Waals surface area (Å²) < 4.78 is 80.3. The molecule has 1 nitrogen and oxygen atoms in total. The highest BCUT2D eigenvalue weighted by Gasteiger charge is 2.57. The van der Waals surface area contributed by atoms with Crippen LogP contribution in [0.15, 0.2) is 0 Å². The van der Waals surface area contributed by atoms with Crippen LogP contribution in [0.2, 0.25) is 0 Å². The second-order valence-electron chi connectivity index (χ2n) is 10.7. The van der Waals surface area contributed by atoms with Gasteiger partial charge in [-0.05, 0) is 112 Å². The summed E-state index contributed by atoms with van der Waals surface area (Å²) in [5.74, 6) is 1.76. The molecule has 7 heteroatoms. The van der Waals surface area contributed by atoms with Crippen LogP contribution in [0.4, 0.5) is 26.3 Å². The molecule has 4 aliphatic rings. The Bertz CT molecular complexity index is 602. The summed E-state index contributed by atoms with van der Waals surface area (Å²) >= 11 is 0. The quantitative estimate of drug-likeness (QED) is 0.295. The zero-order chi connectivity index (χ0) is 23.7. The van der Waals surface area contributed by atoms with Gasteiger partial charge in [0, 0.05) is 0 Å². The van der Waals surface area contributed by atoms with E-state index in [9.17, 15) is 26.3 Å². The van der Waals surface area contributed by atoms with Gasteiger partial charge in [-0.2, -0.15) is 13.2 Å². The highest BCUT2D eigenvalue weighted by atomic mass is 19.4. The number of ether oxygens (including phenoxy) is 1. The molecule has 0 heterocycles. The average Bonchev–Trinajstić information content (AvgIpc) is 3.07. The van der Waals surface area contributed by atoms with Crippen LogP contribution in [0.3, 0.4) is 0 Å². The molecule has 4 saturated carbocycles. The van der Waals surface area contributed by atoms with Gasteiger partial charge >= 0.3 is 12.5 Å². The number of hydrogen-bond acceptors (Lipinski definition) is 1. The Balaban J connectivity index is 0.00000141. The summed E-state index contributed by atoms with van der Waals surface area (Å²) in [5, 5.41) is 0. The Labute approximate surface area is 189 Å². The largest absolute Gasteiger partial charge is 0.522 e. The molecule has 0 N–H and O–H groups in total. The van der Waals surface area contributed by atoms with Crippen LogP contribution >= 0.6 is 0 Å². The highest BCUT2D eigenvalue weighted by molar-refractivity contribution is 5.06. The molecule has 3 unspecified atom stereocenters. The first kappa shape index (κ1) is 26.2. The van der Waals surface area contributed by atoms with Crippen LogP contribution in [0, 0.1) is 46.8 Å². The summed E-state index contributed by atoms with van der Waals surface area (Å²) in [4.78, 5) is 0. The van der Waals surface area contributed by atoms with Crippen LogP contribution in [-0.2, 0) is 4.74 Å². The Hall–Kier alpha value is -0.460. The van der Waals surface area contributed by atoms with Crippen molar-refractivity contribution in [3.05, 3.63) is 0 Å². The summed E-state index contributed by atoms with van der Waals surface area (Å²) in [7, 11) is 0. The molecule has 0 aromatic rings. The van der Waals surface area contributed by atoms with Gasteiger partial charge in [0.25, 0.3) is 0 Å². The average molecular weight is 471 g/mol. The van der Waals surface area contributed by atoms with Crippen LogP contribution in [0.5, 0.6) is 0 Å². The molecule has 0 radical (unpaired) electrons. The van der Waals surface area contributed by atoms with E-state index in [0.29, 0.717) is 42.4 Å². The second kappa shape index (κ2) is 10.0. The van der Waals surface area contributed by atoms with E-state index in [0.717, 1.165) is 51.4 Å². The third kappa shape index (κ3) is 5.43. The molecule has 0 spiro atoms. The smallest absolute Gasteiger partial charge is 0.292 e. The number of hydrogen-bond donors (Lipinski definition) is 0. The lowest BCUT2D eigenvalue weighted by molar-refractivity contribution is -0.324. The second-order valence-corrected chi connectivity index (χ2v) is 10.7. The fourth-order valence-electron chi connectivity index (χ4n) is 8.25. The van der Waals surface area contributed by atoms with E-state index in [1.54, 1.807) is 0 Å². The van der Waals surface area contributed by atoms with Crippen molar-refractivity contribution < 1.29 is 31.1 Å². The van der Waals surface area contributed by atoms with Gasteiger partial charge in [-0.3, -0.25) is 4.74 Å². The molecule has 0 bridgehead atoms.